The fourth-order valence-electron chi connectivity index (χ4n) is 0.948. The Labute approximate surface area is 92.4 Å². The van der Waals surface area contributed by atoms with Crippen LogP contribution in [0.15, 0.2) is 0 Å². The van der Waals surface area contributed by atoms with Gasteiger partial charge >= 0.3 is 7.82 Å². The van der Waals surface area contributed by atoms with E-state index in [4.69, 9.17) is 19.2 Å². The lowest BCUT2D eigenvalue weighted by atomic mass is 10.1. The van der Waals surface area contributed by atoms with Gasteiger partial charge in [0.1, 0.15) is 0 Å². The molecule has 0 aromatic heterocycles. The summed E-state index contributed by atoms with van der Waals surface area (Å²) in [4.78, 5) is 23.8. The second-order valence-corrected chi connectivity index (χ2v) is 4.85. The molecule has 1 atom stereocenters. The van der Waals surface area contributed by atoms with Gasteiger partial charge in [0.25, 0.3) is 0 Å². The summed E-state index contributed by atoms with van der Waals surface area (Å²) in [7, 11) is -0.340. The largest absolute Gasteiger partial charge is 0.466 e. The van der Waals surface area contributed by atoms with Crippen molar-refractivity contribution in [2.24, 2.45) is 0 Å². The molecule has 0 spiro atoms. The molecule has 0 aliphatic carbocycles. The number of unbranched alkanes of at least 4 members (excludes halogenated alkanes) is 2. The van der Waals surface area contributed by atoms with Crippen LogP contribution >= 0.6 is 7.82 Å². The highest BCUT2D eigenvalue weighted by molar-refractivity contribution is 7.45. The molecule has 6 heteroatoms. The van der Waals surface area contributed by atoms with Crippen LogP contribution < -0.4 is 0 Å². The Balaban J connectivity index is 0. The van der Waals surface area contributed by atoms with Gasteiger partial charge in [-0.25, -0.2) is 4.57 Å². The van der Waals surface area contributed by atoms with Crippen molar-refractivity contribution in [2.75, 3.05) is 14.1 Å². The van der Waals surface area contributed by atoms with Gasteiger partial charge in [0, 0.05) is 6.04 Å². The second kappa shape index (κ2) is 9.31. The third-order valence-electron chi connectivity index (χ3n) is 2.11. The van der Waals surface area contributed by atoms with Crippen LogP contribution in [-0.2, 0) is 4.57 Å². The van der Waals surface area contributed by atoms with Gasteiger partial charge in [-0.1, -0.05) is 26.2 Å². The standard InChI is InChI=1S/C9H21N.H3O4P/c1-5-6-7-8-9(2)10(3)4;1-5(2,3)4/h9H,5-8H2,1-4H3;(H3,1,2,3,4). The van der Waals surface area contributed by atoms with E-state index >= 15 is 0 Å². The van der Waals surface area contributed by atoms with E-state index < -0.39 is 7.82 Å². The van der Waals surface area contributed by atoms with E-state index in [-0.39, 0.29) is 0 Å². The number of phosphoric acid groups is 1. The first-order valence-corrected chi connectivity index (χ1v) is 6.69. The fraction of sp³-hybridized carbons (Fsp3) is 1.00. The summed E-state index contributed by atoms with van der Waals surface area (Å²) in [6, 6.07) is 0.756. The highest BCUT2D eigenvalue weighted by Gasteiger charge is 2.02. The van der Waals surface area contributed by atoms with Gasteiger partial charge in [0.2, 0.25) is 0 Å². The fourth-order valence-corrected chi connectivity index (χ4v) is 0.948. The molecular formula is C9H24NO4P. The Morgan fingerprint density at radius 1 is 1.20 bits per heavy atom. The van der Waals surface area contributed by atoms with E-state index in [9.17, 15) is 0 Å². The van der Waals surface area contributed by atoms with Crippen LogP contribution in [0.25, 0.3) is 0 Å². The summed E-state index contributed by atoms with van der Waals surface area (Å²) in [5.41, 5.74) is 0. The van der Waals surface area contributed by atoms with Crippen molar-refractivity contribution >= 4 is 7.82 Å². The summed E-state index contributed by atoms with van der Waals surface area (Å²) in [5, 5.41) is 0. The summed E-state index contributed by atoms with van der Waals surface area (Å²) in [6.07, 6.45) is 5.45. The normalized spacial score (nSPS) is 13.3. The maximum absolute atomic E-state index is 8.88. The molecule has 0 saturated heterocycles. The molecule has 1 unspecified atom stereocenters. The molecule has 0 bridgehead atoms. The lowest BCUT2D eigenvalue weighted by Gasteiger charge is -2.18. The van der Waals surface area contributed by atoms with Crippen molar-refractivity contribution in [3.63, 3.8) is 0 Å². The monoisotopic (exact) mass is 241 g/mol. The van der Waals surface area contributed by atoms with E-state index in [1.165, 1.54) is 25.7 Å². The minimum Gasteiger partial charge on any atom is -0.307 e. The number of hydrogen-bond donors (Lipinski definition) is 3. The minimum atomic E-state index is -4.64. The quantitative estimate of drug-likeness (QED) is 0.503. The topological polar surface area (TPSA) is 81.0 Å². The molecule has 0 amide bonds. The number of hydrogen-bond acceptors (Lipinski definition) is 2. The van der Waals surface area contributed by atoms with Crippen LogP contribution in [0, 0.1) is 0 Å². The molecule has 0 saturated carbocycles. The smallest absolute Gasteiger partial charge is 0.307 e. The van der Waals surface area contributed by atoms with Crippen molar-refractivity contribution in [3.05, 3.63) is 0 Å². The SMILES string of the molecule is CCCCCC(C)N(C)C.O=P(O)(O)O. The van der Waals surface area contributed by atoms with Crippen molar-refractivity contribution in [2.45, 2.75) is 45.6 Å². The van der Waals surface area contributed by atoms with Crippen LogP contribution in [0.3, 0.4) is 0 Å². The zero-order valence-electron chi connectivity index (χ0n) is 10.1. The summed E-state index contributed by atoms with van der Waals surface area (Å²) in [5.74, 6) is 0. The molecule has 0 aromatic carbocycles. The molecular weight excluding hydrogens is 217 g/mol. The predicted octanol–water partition coefficient (Wildman–Crippen LogP) is 1.59. The lowest BCUT2D eigenvalue weighted by Crippen LogP contribution is -2.24. The molecule has 0 heterocycles. The van der Waals surface area contributed by atoms with Crippen LogP contribution in [-0.4, -0.2) is 39.7 Å². The Bertz CT molecular complexity index is 173. The molecule has 0 rings (SSSR count). The maximum Gasteiger partial charge on any atom is 0.466 e. The first kappa shape index (κ1) is 17.5. The zero-order chi connectivity index (χ0) is 12.5. The highest BCUT2D eigenvalue weighted by Crippen LogP contribution is 2.25. The van der Waals surface area contributed by atoms with Gasteiger partial charge in [-0.2, -0.15) is 0 Å². The van der Waals surface area contributed by atoms with Gasteiger partial charge in [0.15, 0.2) is 0 Å². The molecule has 0 radical (unpaired) electrons. The molecule has 0 aliphatic rings. The minimum absolute atomic E-state index is 0.756. The molecule has 15 heavy (non-hydrogen) atoms. The van der Waals surface area contributed by atoms with Gasteiger partial charge in [-0.15, -0.1) is 0 Å². The third-order valence-corrected chi connectivity index (χ3v) is 2.11. The summed E-state index contributed by atoms with van der Waals surface area (Å²) in [6.45, 7) is 4.54. The van der Waals surface area contributed by atoms with Gasteiger partial charge < -0.3 is 19.6 Å². The van der Waals surface area contributed by atoms with Gasteiger partial charge in [-0.3, -0.25) is 0 Å². The van der Waals surface area contributed by atoms with Gasteiger partial charge in [0.05, 0.1) is 0 Å². The molecule has 94 valence electrons. The van der Waals surface area contributed by atoms with E-state index in [0.717, 1.165) is 6.04 Å². The van der Waals surface area contributed by atoms with Crippen LogP contribution in [0.1, 0.15) is 39.5 Å². The second-order valence-electron chi connectivity index (χ2n) is 3.82. The molecule has 0 aliphatic heterocycles. The van der Waals surface area contributed by atoms with Crippen LogP contribution in [0.5, 0.6) is 0 Å². The number of nitrogens with zero attached hydrogens (tertiary/aromatic N) is 1. The van der Waals surface area contributed by atoms with E-state index in [1.807, 2.05) is 0 Å². The highest BCUT2D eigenvalue weighted by atomic mass is 31.2. The van der Waals surface area contributed by atoms with Crippen molar-refractivity contribution in [1.29, 1.82) is 0 Å². The Hall–Kier alpha value is 0.0700. The Kier molecular flexibility index (Phi) is 10.8. The maximum atomic E-state index is 8.88. The van der Waals surface area contributed by atoms with Crippen molar-refractivity contribution < 1.29 is 19.2 Å². The average Bonchev–Trinajstić information content (AvgIpc) is 2.01. The Morgan fingerprint density at radius 2 is 1.60 bits per heavy atom. The Morgan fingerprint density at radius 3 is 1.87 bits per heavy atom. The molecule has 0 aromatic rings. The van der Waals surface area contributed by atoms with E-state index in [2.05, 4.69) is 32.8 Å². The van der Waals surface area contributed by atoms with Crippen LogP contribution in [0.2, 0.25) is 0 Å². The van der Waals surface area contributed by atoms with Crippen molar-refractivity contribution in [3.8, 4) is 0 Å². The number of rotatable bonds is 5. The zero-order valence-corrected chi connectivity index (χ0v) is 10.9. The molecule has 3 N–H and O–H groups in total. The first-order chi connectivity index (χ1) is 6.68. The first-order valence-electron chi connectivity index (χ1n) is 5.13. The lowest BCUT2D eigenvalue weighted by molar-refractivity contribution is 0.275. The van der Waals surface area contributed by atoms with Crippen molar-refractivity contribution in [1.82, 2.24) is 4.90 Å². The molecule has 5 nitrogen and oxygen atoms in total. The summed E-state index contributed by atoms with van der Waals surface area (Å²) < 4.78 is 8.88. The molecule has 0 fully saturated rings. The van der Waals surface area contributed by atoms with E-state index in [1.54, 1.807) is 0 Å². The van der Waals surface area contributed by atoms with Gasteiger partial charge in [-0.05, 0) is 27.4 Å². The predicted molar refractivity (Wildman–Crippen MR) is 61.6 cm³/mol. The third kappa shape index (κ3) is 24.9. The summed E-state index contributed by atoms with van der Waals surface area (Å²) >= 11 is 0. The van der Waals surface area contributed by atoms with Crippen LogP contribution in [0.4, 0.5) is 0 Å². The average molecular weight is 241 g/mol. The van der Waals surface area contributed by atoms with E-state index in [0.29, 0.717) is 0 Å².